The molecule has 0 unspecified atom stereocenters. The van der Waals surface area contributed by atoms with Crippen LogP contribution in [0.2, 0.25) is 12.1 Å². The molecule has 1 saturated heterocycles. The van der Waals surface area contributed by atoms with Crippen LogP contribution in [-0.2, 0) is 0 Å². The van der Waals surface area contributed by atoms with Crippen molar-refractivity contribution in [1.29, 1.82) is 0 Å². The van der Waals surface area contributed by atoms with E-state index in [2.05, 4.69) is 121 Å². The zero-order chi connectivity index (χ0) is 19.6. The fourth-order valence-corrected chi connectivity index (χ4v) is 18.1. The Morgan fingerprint density at radius 3 is 0.862 bits per heavy atom. The summed E-state index contributed by atoms with van der Waals surface area (Å²) in [4.78, 5) is 0. The molecule has 1 heterocycles. The molecule has 1 nitrogen and oxygen atoms in total. The average Bonchev–Trinajstić information content (AvgIpc) is 3.25. The maximum absolute atomic E-state index is 6.01. The predicted molar refractivity (Wildman–Crippen MR) is 128 cm³/mol. The van der Waals surface area contributed by atoms with Crippen molar-refractivity contribution in [1.82, 2.24) is 4.65 Å². The molecule has 0 N–H and O–H groups in total. The first-order valence-electron chi connectivity index (χ1n) is 10.3. The molecular weight excluding hydrogens is 382 g/mol. The first-order chi connectivity index (χ1) is 14.3. The Bertz CT molecular complexity index is 899. The van der Waals surface area contributed by atoms with Gasteiger partial charge in [-0.25, -0.2) is 0 Å². The van der Waals surface area contributed by atoms with E-state index in [1.807, 2.05) is 0 Å². The quantitative estimate of drug-likeness (QED) is 0.462. The molecule has 0 aromatic heterocycles. The van der Waals surface area contributed by atoms with E-state index in [9.17, 15) is 0 Å². The van der Waals surface area contributed by atoms with Crippen LogP contribution in [0.5, 0.6) is 0 Å². The highest BCUT2D eigenvalue weighted by atomic mass is 28.4. The van der Waals surface area contributed by atoms with Gasteiger partial charge in [-0.1, -0.05) is 121 Å². The first kappa shape index (κ1) is 18.3. The van der Waals surface area contributed by atoms with E-state index in [0.29, 0.717) is 0 Å². The molecule has 4 aromatic carbocycles. The Labute approximate surface area is 175 Å². The third-order valence-corrected chi connectivity index (χ3v) is 16.9. The molecule has 0 bridgehead atoms. The summed E-state index contributed by atoms with van der Waals surface area (Å²) < 4.78 is 6.01. The molecule has 0 atom stereocenters. The third-order valence-electron chi connectivity index (χ3n) is 6.24. The Balaban J connectivity index is 1.72. The molecule has 29 heavy (non-hydrogen) atoms. The Morgan fingerprint density at radius 1 is 0.379 bits per heavy atom. The summed E-state index contributed by atoms with van der Waals surface area (Å²) in [5.74, 6) is 0. The lowest BCUT2D eigenvalue weighted by atomic mass is 10.4. The topological polar surface area (TPSA) is 14.1 Å². The van der Waals surface area contributed by atoms with E-state index >= 15 is 0 Å². The van der Waals surface area contributed by atoms with Crippen LogP contribution in [0.25, 0.3) is 0 Å². The third kappa shape index (κ3) is 3.12. The van der Waals surface area contributed by atoms with E-state index in [0.717, 1.165) is 0 Å². The van der Waals surface area contributed by atoms with Gasteiger partial charge in [0.2, 0.25) is 0 Å². The number of benzene rings is 4. The minimum Gasteiger partial charge on any atom is -0.277 e. The lowest BCUT2D eigenvalue weighted by Gasteiger charge is -2.33. The van der Waals surface area contributed by atoms with Gasteiger partial charge in [0, 0.05) is 0 Å². The summed E-state index contributed by atoms with van der Waals surface area (Å²) in [6.07, 6.45) is 0. The lowest BCUT2D eigenvalue weighted by Crippen LogP contribution is -2.72. The number of hydrogen-bond acceptors (Lipinski definition) is 0. The zero-order valence-corrected chi connectivity index (χ0v) is 18.4. The van der Waals surface area contributed by atoms with Crippen molar-refractivity contribution in [2.75, 3.05) is 0 Å². The van der Waals surface area contributed by atoms with E-state index in [4.69, 9.17) is 4.65 Å². The van der Waals surface area contributed by atoms with Crippen molar-refractivity contribution >= 4 is 37.2 Å². The van der Waals surface area contributed by atoms with Crippen LogP contribution in [0.15, 0.2) is 121 Å². The molecule has 3 heteroatoms. The first-order valence-corrected chi connectivity index (χ1v) is 14.6. The maximum atomic E-state index is 6.01. The molecule has 1 aliphatic rings. The van der Waals surface area contributed by atoms with Crippen molar-refractivity contribution < 1.29 is 0 Å². The van der Waals surface area contributed by atoms with Gasteiger partial charge in [0.1, 0.15) is 0 Å². The van der Waals surface area contributed by atoms with E-state index in [-0.39, 0.29) is 0 Å². The van der Waals surface area contributed by atoms with Crippen LogP contribution < -0.4 is 25.4 Å². The van der Waals surface area contributed by atoms with Gasteiger partial charge >= 0.3 is 0 Å². The summed E-state index contributed by atoms with van der Waals surface area (Å²) in [7, 11) is -4.40. The van der Waals surface area contributed by atoms with Crippen molar-refractivity contribution in [2.45, 2.75) is 12.1 Å². The largest absolute Gasteiger partial charge is 0.277 e. The smallest absolute Gasteiger partial charge is 0.198 e. The van der Waals surface area contributed by atoms with Crippen molar-refractivity contribution in [3.8, 4) is 0 Å². The monoisotopic (exact) mass is 406 g/mol. The summed E-state index contributed by atoms with van der Waals surface area (Å²) in [6.45, 7) is 0. The summed E-state index contributed by atoms with van der Waals surface area (Å²) in [5, 5.41) is 5.75. The fourth-order valence-electron chi connectivity index (χ4n) is 4.82. The summed E-state index contributed by atoms with van der Waals surface area (Å²) >= 11 is 0. The number of nitrogens with zero attached hydrogens (tertiary/aromatic N) is 1. The molecule has 1 fully saturated rings. The van der Waals surface area contributed by atoms with Crippen LogP contribution in [0.4, 0.5) is 0 Å². The zero-order valence-electron chi connectivity index (χ0n) is 16.4. The highest BCUT2D eigenvalue weighted by molar-refractivity contribution is 7.17. The normalized spacial score (nSPS) is 17.1. The molecule has 141 valence electrons. The summed E-state index contributed by atoms with van der Waals surface area (Å²) in [5.41, 5.74) is 0. The van der Waals surface area contributed by atoms with Gasteiger partial charge in [0.15, 0.2) is 16.5 Å². The van der Waals surface area contributed by atoms with Gasteiger partial charge in [-0.05, 0) is 32.8 Å². The highest BCUT2D eigenvalue weighted by Crippen LogP contribution is 2.29. The Morgan fingerprint density at radius 2 is 0.621 bits per heavy atom. The average molecular weight is 407 g/mol. The molecule has 0 saturated carbocycles. The van der Waals surface area contributed by atoms with Crippen molar-refractivity contribution in [3.63, 3.8) is 0 Å². The van der Waals surface area contributed by atoms with Gasteiger partial charge in [-0.2, -0.15) is 0 Å². The molecule has 1 aliphatic heterocycles. The SMILES string of the molecule is c1ccc([Si]2(c3ccccc3)CC[Si](c3ccccc3)(c3ccccc3)[N]2)cc1. The van der Waals surface area contributed by atoms with Gasteiger partial charge in [0.25, 0.3) is 0 Å². The van der Waals surface area contributed by atoms with Gasteiger partial charge < -0.3 is 0 Å². The van der Waals surface area contributed by atoms with E-state index in [1.165, 1.54) is 32.8 Å². The lowest BCUT2D eigenvalue weighted by molar-refractivity contribution is 1.38. The maximum Gasteiger partial charge on any atom is 0.198 e. The minimum absolute atomic E-state index is 1.18. The standard InChI is InChI=1S/C26H24NSi2/c1-5-13-23(14-6-1)28(24-15-7-2-8-16-24)21-22-29(27-28,25-17-9-3-10-18-25)26-19-11-4-12-20-26/h1-20H,21-22H2. The molecule has 1 radical (unpaired) electrons. The van der Waals surface area contributed by atoms with E-state index < -0.39 is 16.5 Å². The van der Waals surface area contributed by atoms with Crippen LogP contribution >= 0.6 is 0 Å². The van der Waals surface area contributed by atoms with Gasteiger partial charge in [-0.3, -0.25) is 4.65 Å². The summed E-state index contributed by atoms with van der Waals surface area (Å²) in [6, 6.07) is 46.7. The molecule has 0 aliphatic carbocycles. The second-order valence-corrected chi connectivity index (χ2v) is 15.4. The second-order valence-electron chi connectivity index (χ2n) is 7.80. The van der Waals surface area contributed by atoms with Crippen molar-refractivity contribution in [3.05, 3.63) is 121 Å². The second kappa shape index (κ2) is 7.60. The van der Waals surface area contributed by atoms with Crippen LogP contribution in [-0.4, -0.2) is 16.5 Å². The Kier molecular flexibility index (Phi) is 4.80. The molecule has 0 spiro atoms. The van der Waals surface area contributed by atoms with Crippen LogP contribution in [0.1, 0.15) is 0 Å². The van der Waals surface area contributed by atoms with Gasteiger partial charge in [-0.15, -0.1) is 0 Å². The molecular formula is C26H24NSi2. The number of rotatable bonds is 4. The Hall–Kier alpha value is -2.73. The number of hydrogen-bond donors (Lipinski definition) is 0. The van der Waals surface area contributed by atoms with Crippen molar-refractivity contribution in [2.24, 2.45) is 0 Å². The molecule has 0 amide bonds. The highest BCUT2D eigenvalue weighted by Gasteiger charge is 2.55. The molecule has 4 aromatic rings. The fraction of sp³-hybridized carbons (Fsp3) is 0.0769. The van der Waals surface area contributed by atoms with Gasteiger partial charge in [0.05, 0.1) is 0 Å². The minimum atomic E-state index is -2.20. The van der Waals surface area contributed by atoms with Crippen LogP contribution in [0.3, 0.4) is 0 Å². The predicted octanol–water partition coefficient (Wildman–Crippen LogP) is 3.12. The van der Waals surface area contributed by atoms with E-state index in [1.54, 1.807) is 0 Å². The molecule has 5 rings (SSSR count). The van der Waals surface area contributed by atoms with Crippen LogP contribution in [0, 0.1) is 0 Å².